The monoisotopic (exact) mass is 276 g/mol. The van der Waals surface area contributed by atoms with Gasteiger partial charge in [0.2, 0.25) is 0 Å². The van der Waals surface area contributed by atoms with Crippen LogP contribution in [0.1, 0.15) is 35.8 Å². The minimum absolute atomic E-state index is 0.438. The summed E-state index contributed by atoms with van der Waals surface area (Å²) in [5.41, 5.74) is 2.82. The molecule has 0 amide bonds. The fraction of sp³-hybridized carbons (Fsp3) is 0.571. The van der Waals surface area contributed by atoms with Crippen molar-refractivity contribution in [3.63, 3.8) is 0 Å². The zero-order chi connectivity index (χ0) is 13.5. The van der Waals surface area contributed by atoms with Crippen LogP contribution in [0, 0.1) is 5.41 Å². The summed E-state index contributed by atoms with van der Waals surface area (Å²) in [6, 6.07) is 0. The molecular weight excluding hydrogens is 256 g/mol. The van der Waals surface area contributed by atoms with Crippen molar-refractivity contribution in [2.24, 2.45) is 12.5 Å². The van der Waals surface area contributed by atoms with Gasteiger partial charge < -0.3 is 5.32 Å². The second-order valence-corrected chi connectivity index (χ2v) is 7.24. The van der Waals surface area contributed by atoms with E-state index in [0.717, 1.165) is 18.7 Å². The molecule has 1 aliphatic rings. The molecule has 0 spiro atoms. The summed E-state index contributed by atoms with van der Waals surface area (Å²) >= 11 is 1.86. The molecule has 0 aromatic carbocycles. The van der Waals surface area contributed by atoms with Crippen LogP contribution < -0.4 is 5.32 Å². The predicted octanol–water partition coefficient (Wildman–Crippen LogP) is 3.00. The Morgan fingerprint density at radius 3 is 3.05 bits per heavy atom. The van der Waals surface area contributed by atoms with E-state index in [1.165, 1.54) is 28.4 Å². The molecule has 1 N–H and O–H groups in total. The van der Waals surface area contributed by atoms with E-state index in [1.54, 1.807) is 4.68 Å². The highest BCUT2D eigenvalue weighted by Crippen LogP contribution is 2.37. The van der Waals surface area contributed by atoms with Crippen molar-refractivity contribution >= 4 is 17.0 Å². The van der Waals surface area contributed by atoms with Gasteiger partial charge in [0, 0.05) is 18.1 Å². The van der Waals surface area contributed by atoms with Gasteiger partial charge in [-0.05, 0) is 24.7 Å². The maximum Gasteiger partial charge on any atom is 0.112 e. The number of aromatic nitrogens is 3. The number of nitrogens with zero attached hydrogens (tertiary/aromatic N) is 3. The van der Waals surface area contributed by atoms with Crippen molar-refractivity contribution in [1.29, 1.82) is 0 Å². The first-order valence-electron chi connectivity index (χ1n) is 6.72. The normalized spacial score (nSPS) is 17.2. The topological polar surface area (TPSA) is 42.7 Å². The Labute approximate surface area is 117 Å². The van der Waals surface area contributed by atoms with Crippen LogP contribution in [0.15, 0.2) is 12.4 Å². The molecule has 2 aromatic heterocycles. The van der Waals surface area contributed by atoms with E-state index in [0.29, 0.717) is 5.41 Å². The largest absolute Gasteiger partial charge is 0.376 e. The Morgan fingerprint density at radius 2 is 2.32 bits per heavy atom. The van der Waals surface area contributed by atoms with Gasteiger partial charge >= 0.3 is 0 Å². The quantitative estimate of drug-likeness (QED) is 0.937. The van der Waals surface area contributed by atoms with Crippen molar-refractivity contribution in [1.82, 2.24) is 14.8 Å². The molecule has 19 heavy (non-hydrogen) atoms. The van der Waals surface area contributed by atoms with Crippen LogP contribution >= 0.6 is 11.3 Å². The first-order valence-corrected chi connectivity index (χ1v) is 7.53. The Morgan fingerprint density at radius 1 is 1.47 bits per heavy atom. The molecule has 2 aromatic rings. The van der Waals surface area contributed by atoms with Gasteiger partial charge in [-0.15, -0.1) is 11.3 Å². The Balaban J connectivity index is 1.68. The second-order valence-electron chi connectivity index (χ2n) is 6.07. The van der Waals surface area contributed by atoms with Crippen LogP contribution in [-0.2, 0) is 26.4 Å². The lowest BCUT2D eigenvalue weighted by atomic mass is 9.79. The number of hydrogen-bond donors (Lipinski definition) is 1. The summed E-state index contributed by atoms with van der Waals surface area (Å²) in [5, 5.41) is 8.71. The molecule has 5 heteroatoms. The number of nitrogens with one attached hydrogen (secondary N) is 1. The Kier molecular flexibility index (Phi) is 3.09. The minimum atomic E-state index is 0.438. The molecule has 4 nitrogen and oxygen atoms in total. The number of aryl methyl sites for hydroxylation is 2. The maximum atomic E-state index is 4.77. The summed E-state index contributed by atoms with van der Waals surface area (Å²) in [5.74, 6) is 0. The van der Waals surface area contributed by atoms with Crippen molar-refractivity contribution in [3.05, 3.63) is 28.0 Å². The van der Waals surface area contributed by atoms with Gasteiger partial charge in [-0.1, -0.05) is 13.8 Å². The van der Waals surface area contributed by atoms with Crippen LogP contribution in [0.4, 0.5) is 5.69 Å². The minimum Gasteiger partial charge on any atom is -0.376 e. The molecule has 0 aliphatic heterocycles. The summed E-state index contributed by atoms with van der Waals surface area (Å²) in [7, 11) is 1.93. The van der Waals surface area contributed by atoms with E-state index >= 15 is 0 Å². The molecular formula is C14H20N4S. The standard InChI is InChI=1S/C14H20N4S/c1-14(2)5-4-11-12(6-14)19-13(17-11)8-15-10-7-16-18(3)9-10/h7,9,15H,4-6,8H2,1-3H3. The highest BCUT2D eigenvalue weighted by molar-refractivity contribution is 7.11. The fourth-order valence-corrected chi connectivity index (χ4v) is 3.83. The third-order valence-electron chi connectivity index (χ3n) is 3.65. The molecule has 0 atom stereocenters. The summed E-state index contributed by atoms with van der Waals surface area (Å²) in [4.78, 5) is 6.25. The molecule has 102 valence electrons. The van der Waals surface area contributed by atoms with Crippen molar-refractivity contribution in [2.75, 3.05) is 5.32 Å². The smallest absolute Gasteiger partial charge is 0.112 e. The van der Waals surface area contributed by atoms with Gasteiger partial charge in [0.25, 0.3) is 0 Å². The van der Waals surface area contributed by atoms with Crippen molar-refractivity contribution in [3.8, 4) is 0 Å². The molecule has 3 rings (SSSR count). The Hall–Kier alpha value is -1.36. The molecule has 0 saturated carbocycles. The fourth-order valence-electron chi connectivity index (χ4n) is 2.52. The number of hydrogen-bond acceptors (Lipinski definition) is 4. The zero-order valence-corrected chi connectivity index (χ0v) is 12.5. The highest BCUT2D eigenvalue weighted by atomic mass is 32.1. The van der Waals surface area contributed by atoms with E-state index in [4.69, 9.17) is 4.98 Å². The molecule has 0 unspecified atom stereocenters. The van der Waals surface area contributed by atoms with Gasteiger partial charge in [-0.2, -0.15) is 5.10 Å². The lowest BCUT2D eigenvalue weighted by molar-refractivity contribution is 0.316. The first kappa shape index (κ1) is 12.7. The first-order chi connectivity index (χ1) is 9.02. The molecule has 0 saturated heterocycles. The lowest BCUT2D eigenvalue weighted by Gasteiger charge is -2.28. The number of fused-ring (bicyclic) bond motifs is 1. The van der Waals surface area contributed by atoms with Crippen LogP contribution in [0.3, 0.4) is 0 Å². The average Bonchev–Trinajstić information content (AvgIpc) is 2.91. The molecule has 1 aliphatic carbocycles. The third-order valence-corrected chi connectivity index (χ3v) is 4.75. The predicted molar refractivity (Wildman–Crippen MR) is 78.5 cm³/mol. The number of anilines is 1. The van der Waals surface area contributed by atoms with Gasteiger partial charge in [0.1, 0.15) is 5.01 Å². The summed E-state index contributed by atoms with van der Waals surface area (Å²) < 4.78 is 1.80. The molecule has 0 radical (unpaired) electrons. The van der Waals surface area contributed by atoms with E-state index < -0.39 is 0 Å². The van der Waals surface area contributed by atoms with E-state index in [9.17, 15) is 0 Å². The van der Waals surface area contributed by atoms with E-state index in [1.807, 2.05) is 30.8 Å². The number of thiazole rings is 1. The SMILES string of the molecule is Cn1cc(NCc2nc3c(s2)CC(C)(C)CC3)cn1. The molecule has 2 heterocycles. The van der Waals surface area contributed by atoms with E-state index in [2.05, 4.69) is 24.3 Å². The van der Waals surface area contributed by atoms with Gasteiger partial charge in [0.05, 0.1) is 24.1 Å². The van der Waals surface area contributed by atoms with Crippen LogP contribution in [0.5, 0.6) is 0 Å². The molecule has 0 fully saturated rings. The average molecular weight is 276 g/mol. The van der Waals surface area contributed by atoms with Crippen LogP contribution in [-0.4, -0.2) is 14.8 Å². The van der Waals surface area contributed by atoms with Crippen molar-refractivity contribution in [2.45, 2.75) is 39.7 Å². The van der Waals surface area contributed by atoms with Crippen LogP contribution in [0.25, 0.3) is 0 Å². The third kappa shape index (κ3) is 2.81. The van der Waals surface area contributed by atoms with Gasteiger partial charge in [-0.25, -0.2) is 4.98 Å². The summed E-state index contributed by atoms with van der Waals surface area (Å²) in [6.07, 6.45) is 7.38. The summed E-state index contributed by atoms with van der Waals surface area (Å²) in [6.45, 7) is 5.50. The van der Waals surface area contributed by atoms with Crippen molar-refractivity contribution < 1.29 is 0 Å². The lowest BCUT2D eigenvalue weighted by Crippen LogP contribution is -2.20. The zero-order valence-electron chi connectivity index (χ0n) is 11.7. The van der Waals surface area contributed by atoms with Gasteiger partial charge in [-0.3, -0.25) is 4.68 Å². The van der Waals surface area contributed by atoms with E-state index in [-0.39, 0.29) is 0 Å². The highest BCUT2D eigenvalue weighted by Gasteiger charge is 2.27. The molecule has 0 bridgehead atoms. The maximum absolute atomic E-state index is 4.77. The van der Waals surface area contributed by atoms with Crippen LogP contribution in [0.2, 0.25) is 0 Å². The number of rotatable bonds is 3. The van der Waals surface area contributed by atoms with Gasteiger partial charge in [0.15, 0.2) is 0 Å². The second kappa shape index (κ2) is 4.63. The Bertz CT molecular complexity index is 582.